The van der Waals surface area contributed by atoms with Gasteiger partial charge in [0.1, 0.15) is 11.8 Å². The maximum Gasteiger partial charge on any atom is 0 e. The van der Waals surface area contributed by atoms with Crippen LogP contribution in [0.4, 0.5) is 0 Å². The van der Waals surface area contributed by atoms with E-state index in [2.05, 4.69) is 56.5 Å². The van der Waals surface area contributed by atoms with Gasteiger partial charge in [-0.25, -0.2) is 4.98 Å². The van der Waals surface area contributed by atoms with E-state index < -0.39 is 38.8 Å². The van der Waals surface area contributed by atoms with E-state index in [4.69, 9.17) is 16.8 Å². The van der Waals surface area contributed by atoms with Crippen LogP contribution in [0.1, 0.15) is 55.5 Å². The summed E-state index contributed by atoms with van der Waals surface area (Å²) in [6, 6.07) is 30.7. The third-order valence-corrected chi connectivity index (χ3v) is 12.2. The van der Waals surface area contributed by atoms with Gasteiger partial charge in [0.2, 0.25) is 5.71 Å². The predicted octanol–water partition coefficient (Wildman–Crippen LogP) is 10.7. The fraction of sp³-hybridized carbons (Fsp3) is 0.227. The van der Waals surface area contributed by atoms with Gasteiger partial charge < -0.3 is 9.40 Å². The van der Waals surface area contributed by atoms with Crippen molar-refractivity contribution in [1.29, 1.82) is 5.26 Å². The predicted molar refractivity (Wildman–Crippen MR) is 208 cm³/mol. The maximum absolute atomic E-state index is 9.25. The second kappa shape index (κ2) is 15.5. The molecule has 0 amide bonds. The Balaban J connectivity index is 0.000000336. The third-order valence-electron chi connectivity index (χ3n) is 7.92. The van der Waals surface area contributed by atoms with E-state index in [0.29, 0.717) is 21.9 Å². The molecule has 0 aliphatic carbocycles. The molecule has 0 bridgehead atoms. The first-order valence-electron chi connectivity index (χ1n) is 20.7. The van der Waals surface area contributed by atoms with Crippen molar-refractivity contribution in [3.8, 4) is 39.7 Å². The van der Waals surface area contributed by atoms with Gasteiger partial charge in [-0.1, -0.05) is 56.0 Å². The molecule has 0 atom stereocenters. The molecule has 4 aromatic heterocycles. The van der Waals surface area contributed by atoms with E-state index >= 15 is 0 Å². The summed E-state index contributed by atoms with van der Waals surface area (Å²) >= 11 is -1.72. The number of aromatic nitrogens is 3. The number of aryl methyl sites for hydroxylation is 2. The van der Waals surface area contributed by atoms with Crippen LogP contribution in [-0.2, 0) is 26.5 Å². The molecule has 0 aliphatic heterocycles. The summed E-state index contributed by atoms with van der Waals surface area (Å²) < 4.78 is 83.1. The number of rotatable bonds is 5. The van der Waals surface area contributed by atoms with Gasteiger partial charge in [-0.2, -0.15) is 5.26 Å². The molecular formula is C44H42GeIrN4O-2. The van der Waals surface area contributed by atoms with Gasteiger partial charge in [-0.3, -0.25) is 0 Å². The number of furan rings is 1. The molecule has 0 aliphatic rings. The largest absolute Gasteiger partial charge is 0 e. The first-order valence-corrected chi connectivity index (χ1v) is 23.5. The number of hydrogen-bond acceptors (Lipinski definition) is 5. The molecular weight excluding hydrogens is 865 g/mol. The Hall–Kier alpha value is -4.41. The zero-order valence-electron chi connectivity index (χ0n) is 38.2. The topological polar surface area (TPSA) is 75.6 Å². The second-order valence-corrected chi connectivity index (χ2v) is 24.6. The molecule has 0 spiro atoms. The Morgan fingerprint density at radius 1 is 0.882 bits per heavy atom. The molecule has 7 rings (SSSR count). The molecule has 1 radical (unpaired) electrons. The summed E-state index contributed by atoms with van der Waals surface area (Å²) in [4.78, 5) is 13.1. The average Bonchev–Trinajstić information content (AvgIpc) is 3.54. The number of pyridine rings is 3. The molecule has 0 N–H and O–H groups in total. The quantitative estimate of drug-likeness (QED) is 0.127. The Labute approximate surface area is 330 Å². The van der Waals surface area contributed by atoms with Crippen LogP contribution in [0, 0.1) is 42.6 Å². The fourth-order valence-corrected chi connectivity index (χ4v) is 7.62. The minimum Gasteiger partial charge on any atom is 0 e. The van der Waals surface area contributed by atoms with Gasteiger partial charge in [0.15, 0.2) is 0 Å². The monoisotopic (exact) mass is 918 g/mol. The van der Waals surface area contributed by atoms with Crippen molar-refractivity contribution in [1.82, 2.24) is 15.0 Å². The molecule has 4 heterocycles. The van der Waals surface area contributed by atoms with E-state index in [1.807, 2.05) is 36.5 Å². The number of benzene rings is 3. The Kier molecular flexibility index (Phi) is 8.26. The molecule has 0 saturated carbocycles. The van der Waals surface area contributed by atoms with Crippen LogP contribution in [0.2, 0.25) is 17.3 Å². The van der Waals surface area contributed by atoms with Crippen LogP contribution in [0.5, 0.6) is 0 Å². The third kappa shape index (κ3) is 8.73. The van der Waals surface area contributed by atoms with Crippen molar-refractivity contribution in [3.63, 3.8) is 0 Å². The summed E-state index contributed by atoms with van der Waals surface area (Å²) in [5.41, 5.74) is 1.62. The van der Waals surface area contributed by atoms with Crippen molar-refractivity contribution < 1.29 is 36.9 Å². The average molecular weight is 917 g/mol. The zero-order chi connectivity index (χ0) is 43.3. The van der Waals surface area contributed by atoms with Gasteiger partial charge in [0, 0.05) is 42.7 Å². The minimum atomic E-state index is -2.81. The Bertz CT molecular complexity index is 2710. The minimum absolute atomic E-state index is 0. The Morgan fingerprint density at radius 3 is 2.35 bits per heavy atom. The van der Waals surface area contributed by atoms with Gasteiger partial charge in [0.05, 0.1) is 6.95 Å². The van der Waals surface area contributed by atoms with Gasteiger partial charge >= 0.3 is 99.8 Å². The van der Waals surface area contributed by atoms with Crippen molar-refractivity contribution in [2.75, 3.05) is 0 Å². The summed E-state index contributed by atoms with van der Waals surface area (Å²) in [5, 5.41) is 10.5. The molecule has 3 aromatic carbocycles. The summed E-state index contributed by atoms with van der Waals surface area (Å²) in [5.74, 6) is 7.14. The normalized spacial score (nSPS) is 14.8. The number of fused-ring (bicyclic) bond motifs is 3. The molecule has 51 heavy (non-hydrogen) atoms. The smallest absolute Gasteiger partial charge is 0 e. The standard InChI is InChI=1S/C30H26N3O.C14H16GeN.Ir/c1-18-13-20(15-30(3,4)5)9-11-22(18)26-14-27(32-17-19(26)2)25-8-6-7-23-24-12-10-21(16-31)33-29(24)34-28(23)25;1-15(2,3)13-9-10-14(16-11-13)12-7-5-4-6-8-12;/h6-7,9-14,17H,15H2,1-5H3;4-7,9-11H,1-3H3;/q2*-1;/i1D3,2D3,11D,15D2;;. The van der Waals surface area contributed by atoms with E-state index in [1.165, 1.54) is 22.6 Å². The van der Waals surface area contributed by atoms with E-state index in [9.17, 15) is 5.26 Å². The SMILES string of the molecule is [2H]c1cc(C([2H])([2H])C(C)(C)C)cc(C([2H])([2H])[2H])c1-c1cc(-c2[c-]ccc3c2oc2nc(C#N)ccc23)ncc1C([2H])([2H])[2H].[CH3][Ge]([CH3])([CH3])[c]1ccc(-c2[c-]cccc2)nc1.[Ir]. The molecule has 7 aromatic rings. The van der Waals surface area contributed by atoms with Crippen LogP contribution < -0.4 is 4.40 Å². The van der Waals surface area contributed by atoms with Gasteiger partial charge in [-0.15, -0.1) is 18.2 Å². The second-order valence-electron chi connectivity index (χ2n) is 14.0. The first-order chi connectivity index (χ1) is 27.4. The summed E-state index contributed by atoms with van der Waals surface area (Å²) in [7, 11) is 0. The Morgan fingerprint density at radius 2 is 1.69 bits per heavy atom. The van der Waals surface area contributed by atoms with Crippen LogP contribution >= 0.6 is 0 Å². The number of nitrogens with zero attached hydrogens (tertiary/aromatic N) is 4. The van der Waals surface area contributed by atoms with Crippen LogP contribution in [0.3, 0.4) is 0 Å². The number of hydrogen-bond donors (Lipinski definition) is 0. The molecule has 259 valence electrons. The van der Waals surface area contributed by atoms with E-state index in [1.54, 1.807) is 45.0 Å². The van der Waals surface area contributed by atoms with Crippen LogP contribution in [0.15, 0.2) is 102 Å². The molecule has 7 heteroatoms. The molecule has 0 unspecified atom stereocenters. The summed E-state index contributed by atoms with van der Waals surface area (Å²) in [6.45, 7) is -0.502. The zero-order valence-corrected chi connectivity index (χ0v) is 33.7. The van der Waals surface area contributed by atoms with Crippen molar-refractivity contribution >= 4 is 39.7 Å². The van der Waals surface area contributed by atoms with E-state index in [0.717, 1.165) is 17.5 Å². The van der Waals surface area contributed by atoms with E-state index in [-0.39, 0.29) is 71.1 Å². The fourth-order valence-electron chi connectivity index (χ4n) is 5.45. The van der Waals surface area contributed by atoms with Gasteiger partial charge in [0.25, 0.3) is 0 Å². The molecule has 0 saturated heterocycles. The molecule has 0 fully saturated rings. The van der Waals surface area contributed by atoms with Crippen molar-refractivity contribution in [2.45, 2.75) is 58.1 Å². The van der Waals surface area contributed by atoms with Crippen molar-refractivity contribution in [2.24, 2.45) is 5.41 Å². The van der Waals surface area contributed by atoms with Crippen LogP contribution in [-0.4, -0.2) is 28.2 Å². The van der Waals surface area contributed by atoms with Crippen molar-refractivity contribution in [3.05, 3.63) is 132 Å². The maximum atomic E-state index is 9.25. The van der Waals surface area contributed by atoms with Crippen LogP contribution in [0.25, 0.3) is 55.7 Å². The van der Waals surface area contributed by atoms with Gasteiger partial charge in [-0.05, 0) is 71.1 Å². The summed E-state index contributed by atoms with van der Waals surface area (Å²) in [6.07, 6.45) is 1.17. The molecule has 5 nitrogen and oxygen atoms in total. The number of nitriles is 1. The first kappa shape index (κ1) is 27.3.